The summed E-state index contributed by atoms with van der Waals surface area (Å²) in [6.07, 6.45) is 0.730. The van der Waals surface area contributed by atoms with Crippen molar-refractivity contribution >= 4 is 16.9 Å². The number of methoxy groups -OCH3 is 1. The number of hydrogen-bond acceptors (Lipinski definition) is 5. The largest absolute Gasteiger partial charge is 0.489 e. The van der Waals surface area contributed by atoms with Crippen LogP contribution in [0.2, 0.25) is 0 Å². The van der Waals surface area contributed by atoms with Gasteiger partial charge in [-0.25, -0.2) is 4.79 Å². The van der Waals surface area contributed by atoms with Crippen molar-refractivity contribution < 1.29 is 18.7 Å². The average molecular weight is 316 g/mol. The zero-order valence-corrected chi connectivity index (χ0v) is 13.6. The molecule has 0 saturated heterocycles. The Bertz CT molecular complexity index is 801. The van der Waals surface area contributed by atoms with Gasteiger partial charge in [-0.2, -0.15) is 0 Å². The molecule has 0 atom stereocenters. The predicted molar refractivity (Wildman–Crippen MR) is 87.9 cm³/mol. The SMILES string of the molecule is C=C(C)COc1cc2oc(=O)cc(C)c2cc1CCC(=O)OC. The Labute approximate surface area is 134 Å². The standard InChI is InChI=1S/C18H20O5/c1-11(2)10-22-15-9-16-14(12(3)7-18(20)23-16)8-13(15)5-6-17(19)21-4/h7-9H,1,5-6,10H2,2-4H3. The van der Waals surface area contributed by atoms with E-state index in [0.29, 0.717) is 24.4 Å². The monoisotopic (exact) mass is 316 g/mol. The smallest absolute Gasteiger partial charge is 0.336 e. The molecule has 122 valence electrons. The van der Waals surface area contributed by atoms with E-state index in [-0.39, 0.29) is 12.4 Å². The fourth-order valence-electron chi connectivity index (χ4n) is 2.26. The van der Waals surface area contributed by atoms with E-state index in [1.165, 1.54) is 13.2 Å². The number of carbonyl (C=O) groups excluding carboxylic acids is 1. The minimum absolute atomic E-state index is 0.251. The number of aryl methyl sites for hydroxylation is 2. The van der Waals surface area contributed by atoms with Gasteiger partial charge in [0.05, 0.1) is 7.11 Å². The molecule has 1 aromatic heterocycles. The molecule has 2 aromatic rings. The molecule has 0 aliphatic carbocycles. The molecule has 0 aliphatic heterocycles. The van der Waals surface area contributed by atoms with Crippen LogP contribution in [0.1, 0.15) is 24.5 Å². The lowest BCUT2D eigenvalue weighted by Crippen LogP contribution is -2.06. The number of ether oxygens (including phenoxy) is 2. The summed E-state index contributed by atoms with van der Waals surface area (Å²) in [6, 6.07) is 5.03. The summed E-state index contributed by atoms with van der Waals surface area (Å²) in [7, 11) is 1.36. The van der Waals surface area contributed by atoms with Gasteiger partial charge in [0.15, 0.2) is 0 Å². The van der Waals surface area contributed by atoms with Crippen LogP contribution in [-0.2, 0) is 16.0 Å². The molecule has 0 spiro atoms. The Kier molecular flexibility index (Phi) is 5.21. The molecule has 0 amide bonds. The minimum atomic E-state index is -0.400. The van der Waals surface area contributed by atoms with Gasteiger partial charge in [-0.3, -0.25) is 4.79 Å². The van der Waals surface area contributed by atoms with Gasteiger partial charge < -0.3 is 13.9 Å². The van der Waals surface area contributed by atoms with Crippen LogP contribution in [0, 0.1) is 6.92 Å². The van der Waals surface area contributed by atoms with Gasteiger partial charge in [-0.1, -0.05) is 6.58 Å². The highest BCUT2D eigenvalue weighted by molar-refractivity contribution is 5.83. The zero-order valence-electron chi connectivity index (χ0n) is 13.6. The Hall–Kier alpha value is -2.56. The highest BCUT2D eigenvalue weighted by atomic mass is 16.5. The number of benzene rings is 1. The molecule has 1 heterocycles. The summed E-state index contributed by atoms with van der Waals surface area (Å²) < 4.78 is 15.7. The van der Waals surface area contributed by atoms with E-state index in [1.807, 2.05) is 19.9 Å². The lowest BCUT2D eigenvalue weighted by atomic mass is 10.0. The molecule has 0 aliphatic rings. The summed E-state index contributed by atoms with van der Waals surface area (Å²) in [4.78, 5) is 22.9. The molecular weight excluding hydrogens is 296 g/mol. The third kappa shape index (κ3) is 4.22. The van der Waals surface area contributed by atoms with Gasteiger partial charge in [0.1, 0.15) is 17.9 Å². The van der Waals surface area contributed by atoms with Crippen molar-refractivity contribution in [1.29, 1.82) is 0 Å². The Morgan fingerprint density at radius 2 is 2.04 bits per heavy atom. The van der Waals surface area contributed by atoms with Crippen molar-refractivity contribution in [3.8, 4) is 5.75 Å². The first kappa shape index (κ1) is 16.8. The quantitative estimate of drug-likeness (QED) is 0.465. The first-order valence-corrected chi connectivity index (χ1v) is 7.32. The van der Waals surface area contributed by atoms with E-state index in [4.69, 9.17) is 9.15 Å². The molecule has 0 unspecified atom stereocenters. The van der Waals surface area contributed by atoms with Crippen LogP contribution >= 0.6 is 0 Å². The van der Waals surface area contributed by atoms with Crippen molar-refractivity contribution in [2.45, 2.75) is 26.7 Å². The molecule has 5 nitrogen and oxygen atoms in total. The van der Waals surface area contributed by atoms with Crippen LogP contribution in [0.4, 0.5) is 0 Å². The first-order valence-electron chi connectivity index (χ1n) is 7.32. The van der Waals surface area contributed by atoms with Gasteiger partial charge in [0, 0.05) is 23.9 Å². The zero-order chi connectivity index (χ0) is 17.0. The van der Waals surface area contributed by atoms with E-state index >= 15 is 0 Å². The maximum Gasteiger partial charge on any atom is 0.336 e. The molecule has 0 saturated carbocycles. The molecule has 0 N–H and O–H groups in total. The van der Waals surface area contributed by atoms with Gasteiger partial charge in [-0.05, 0) is 43.0 Å². The maximum atomic E-state index is 11.5. The molecule has 2 rings (SSSR count). The summed E-state index contributed by atoms with van der Waals surface area (Å²) in [5.74, 6) is 0.297. The predicted octanol–water partition coefficient (Wildman–Crippen LogP) is 3.16. The molecular formula is C18H20O5. The van der Waals surface area contributed by atoms with Crippen LogP contribution in [0.15, 0.2) is 39.6 Å². The summed E-state index contributed by atoms with van der Waals surface area (Å²) in [5, 5.41) is 0.826. The van der Waals surface area contributed by atoms with E-state index in [0.717, 1.165) is 22.1 Å². The number of esters is 1. The Morgan fingerprint density at radius 1 is 1.30 bits per heavy atom. The maximum absolute atomic E-state index is 11.5. The van der Waals surface area contributed by atoms with Crippen molar-refractivity contribution in [3.63, 3.8) is 0 Å². The highest BCUT2D eigenvalue weighted by Gasteiger charge is 2.12. The van der Waals surface area contributed by atoms with Crippen molar-refractivity contribution in [1.82, 2.24) is 0 Å². The summed E-state index contributed by atoms with van der Waals surface area (Å²) in [6.45, 7) is 7.86. The molecule has 0 bridgehead atoms. The van der Waals surface area contributed by atoms with Gasteiger partial charge in [0.25, 0.3) is 0 Å². The van der Waals surface area contributed by atoms with E-state index in [2.05, 4.69) is 11.3 Å². The van der Waals surface area contributed by atoms with E-state index in [9.17, 15) is 9.59 Å². The fraction of sp³-hybridized carbons (Fsp3) is 0.333. The minimum Gasteiger partial charge on any atom is -0.489 e. The molecule has 5 heteroatoms. The van der Waals surface area contributed by atoms with Crippen LogP contribution in [0.25, 0.3) is 11.0 Å². The van der Waals surface area contributed by atoms with E-state index < -0.39 is 5.63 Å². The summed E-state index contributed by atoms with van der Waals surface area (Å²) in [5.41, 5.74) is 2.62. The second-order valence-corrected chi connectivity index (χ2v) is 5.53. The van der Waals surface area contributed by atoms with Crippen molar-refractivity contribution in [3.05, 3.63) is 51.9 Å². The van der Waals surface area contributed by atoms with E-state index in [1.54, 1.807) is 6.07 Å². The number of hydrogen-bond donors (Lipinski definition) is 0. The molecule has 0 radical (unpaired) electrons. The molecule has 23 heavy (non-hydrogen) atoms. The van der Waals surface area contributed by atoms with Gasteiger partial charge in [0.2, 0.25) is 0 Å². The van der Waals surface area contributed by atoms with Crippen molar-refractivity contribution in [2.75, 3.05) is 13.7 Å². The average Bonchev–Trinajstić information content (AvgIpc) is 2.50. The number of fused-ring (bicyclic) bond motifs is 1. The normalized spacial score (nSPS) is 10.6. The Balaban J connectivity index is 2.46. The third-order valence-electron chi connectivity index (χ3n) is 3.43. The van der Waals surface area contributed by atoms with Crippen LogP contribution in [-0.4, -0.2) is 19.7 Å². The molecule has 1 aromatic carbocycles. The third-order valence-corrected chi connectivity index (χ3v) is 3.43. The first-order chi connectivity index (χ1) is 10.9. The number of rotatable bonds is 6. The number of carbonyl (C=O) groups is 1. The van der Waals surface area contributed by atoms with Crippen molar-refractivity contribution in [2.24, 2.45) is 0 Å². The Morgan fingerprint density at radius 3 is 2.70 bits per heavy atom. The molecule has 0 fully saturated rings. The van der Waals surface area contributed by atoms with Crippen LogP contribution < -0.4 is 10.4 Å². The second kappa shape index (κ2) is 7.13. The fourth-order valence-corrected chi connectivity index (χ4v) is 2.26. The second-order valence-electron chi connectivity index (χ2n) is 5.53. The highest BCUT2D eigenvalue weighted by Crippen LogP contribution is 2.28. The van der Waals surface area contributed by atoms with Gasteiger partial charge >= 0.3 is 11.6 Å². The lowest BCUT2D eigenvalue weighted by Gasteiger charge is -2.13. The summed E-state index contributed by atoms with van der Waals surface area (Å²) >= 11 is 0. The van der Waals surface area contributed by atoms with Crippen LogP contribution in [0.3, 0.4) is 0 Å². The van der Waals surface area contributed by atoms with Crippen LogP contribution in [0.5, 0.6) is 5.75 Å². The van der Waals surface area contributed by atoms with Gasteiger partial charge in [-0.15, -0.1) is 0 Å². The lowest BCUT2D eigenvalue weighted by molar-refractivity contribution is -0.140. The topological polar surface area (TPSA) is 65.7 Å².